The van der Waals surface area contributed by atoms with Gasteiger partial charge in [-0.2, -0.15) is 0 Å². The first-order chi connectivity index (χ1) is 12.7. The van der Waals surface area contributed by atoms with Gasteiger partial charge in [-0.05, 0) is 18.4 Å². The first-order valence-electron chi connectivity index (χ1n) is 9.03. The molecule has 6 heteroatoms. The summed E-state index contributed by atoms with van der Waals surface area (Å²) in [4.78, 5) is 14.5. The lowest BCUT2D eigenvalue weighted by Gasteiger charge is -2.43. The number of benzene rings is 1. The summed E-state index contributed by atoms with van der Waals surface area (Å²) >= 11 is 0. The van der Waals surface area contributed by atoms with Crippen LogP contribution in [0.4, 0.5) is 4.79 Å². The van der Waals surface area contributed by atoms with Crippen LogP contribution in [0, 0.1) is 0 Å². The van der Waals surface area contributed by atoms with Crippen molar-refractivity contribution < 1.29 is 23.7 Å². The SMILES string of the molecule is COC(CCC1=CC2COCC(C1)N2C(=O)OCc1ccccc1)OC. The highest BCUT2D eigenvalue weighted by atomic mass is 16.7. The van der Waals surface area contributed by atoms with Crippen LogP contribution in [0.3, 0.4) is 0 Å². The van der Waals surface area contributed by atoms with E-state index in [4.69, 9.17) is 18.9 Å². The smallest absolute Gasteiger partial charge is 0.411 e. The second-order valence-electron chi connectivity index (χ2n) is 6.67. The van der Waals surface area contributed by atoms with E-state index in [1.54, 1.807) is 14.2 Å². The van der Waals surface area contributed by atoms with E-state index in [1.165, 1.54) is 5.57 Å². The second kappa shape index (κ2) is 9.16. The van der Waals surface area contributed by atoms with Gasteiger partial charge in [0.05, 0.1) is 25.3 Å². The summed E-state index contributed by atoms with van der Waals surface area (Å²) < 4.78 is 21.7. The maximum atomic E-state index is 12.6. The van der Waals surface area contributed by atoms with Crippen molar-refractivity contribution >= 4 is 6.09 Å². The van der Waals surface area contributed by atoms with Crippen LogP contribution in [0.25, 0.3) is 0 Å². The highest BCUT2D eigenvalue weighted by molar-refractivity contribution is 5.69. The zero-order valence-electron chi connectivity index (χ0n) is 15.4. The fraction of sp³-hybridized carbons (Fsp3) is 0.550. The summed E-state index contributed by atoms with van der Waals surface area (Å²) in [5, 5.41) is 0. The van der Waals surface area contributed by atoms with Gasteiger partial charge in [-0.25, -0.2) is 4.79 Å². The average molecular weight is 361 g/mol. The van der Waals surface area contributed by atoms with E-state index in [9.17, 15) is 4.79 Å². The molecule has 2 unspecified atom stereocenters. The number of carbonyl (C=O) groups excluding carboxylic acids is 1. The molecule has 0 aliphatic carbocycles. The molecule has 0 saturated carbocycles. The van der Waals surface area contributed by atoms with Gasteiger partial charge in [-0.1, -0.05) is 42.0 Å². The van der Waals surface area contributed by atoms with Crippen LogP contribution in [-0.2, 0) is 25.6 Å². The zero-order valence-corrected chi connectivity index (χ0v) is 15.4. The van der Waals surface area contributed by atoms with Crippen LogP contribution < -0.4 is 0 Å². The Balaban J connectivity index is 1.59. The van der Waals surface area contributed by atoms with E-state index >= 15 is 0 Å². The molecule has 2 aliphatic rings. The fourth-order valence-corrected chi connectivity index (χ4v) is 3.58. The first-order valence-corrected chi connectivity index (χ1v) is 9.03. The fourth-order valence-electron chi connectivity index (χ4n) is 3.58. The first kappa shape index (κ1) is 18.9. The molecule has 2 atom stereocenters. The Kier molecular flexibility index (Phi) is 6.66. The molecule has 0 radical (unpaired) electrons. The normalized spacial score (nSPS) is 22.3. The Morgan fingerprint density at radius 2 is 2.00 bits per heavy atom. The van der Waals surface area contributed by atoms with Crippen molar-refractivity contribution in [2.24, 2.45) is 0 Å². The monoisotopic (exact) mass is 361 g/mol. The standard InChI is InChI=1S/C20H27NO5/c1-23-19(24-2)9-8-16-10-17-13-25-14-18(11-16)21(17)20(22)26-12-15-6-4-3-5-7-15/h3-7,10,17-19H,8-9,11-14H2,1-2H3. The minimum absolute atomic E-state index is 0.0283. The lowest BCUT2D eigenvalue weighted by Crippen LogP contribution is -2.56. The van der Waals surface area contributed by atoms with E-state index in [0.717, 1.165) is 24.8 Å². The molecule has 26 heavy (non-hydrogen) atoms. The quantitative estimate of drug-likeness (QED) is 0.552. The van der Waals surface area contributed by atoms with Gasteiger partial charge in [-0.3, -0.25) is 4.90 Å². The average Bonchev–Trinajstić information content (AvgIpc) is 2.67. The van der Waals surface area contributed by atoms with Crippen LogP contribution >= 0.6 is 0 Å². The lowest BCUT2D eigenvalue weighted by molar-refractivity contribution is -0.106. The maximum absolute atomic E-state index is 12.6. The summed E-state index contributed by atoms with van der Waals surface area (Å²) in [7, 11) is 3.30. The molecule has 1 fully saturated rings. The molecule has 0 spiro atoms. The number of fused-ring (bicyclic) bond motifs is 2. The molecule has 142 valence electrons. The van der Waals surface area contributed by atoms with E-state index < -0.39 is 0 Å². The molecule has 1 aromatic carbocycles. The minimum atomic E-state index is -0.269. The van der Waals surface area contributed by atoms with Gasteiger partial charge in [-0.15, -0.1) is 0 Å². The predicted molar refractivity (Wildman–Crippen MR) is 96.6 cm³/mol. The Labute approximate surface area is 154 Å². The molecule has 2 bridgehead atoms. The van der Waals surface area contributed by atoms with Crippen molar-refractivity contribution in [3.8, 4) is 0 Å². The number of hydrogen-bond acceptors (Lipinski definition) is 5. The van der Waals surface area contributed by atoms with Gasteiger partial charge in [0.2, 0.25) is 0 Å². The van der Waals surface area contributed by atoms with E-state index in [1.807, 2.05) is 35.2 Å². The van der Waals surface area contributed by atoms with Crippen LogP contribution in [0.5, 0.6) is 0 Å². The van der Waals surface area contributed by atoms with Crippen molar-refractivity contribution in [1.82, 2.24) is 4.90 Å². The highest BCUT2D eigenvalue weighted by Crippen LogP contribution is 2.30. The van der Waals surface area contributed by atoms with Crippen LogP contribution in [0.15, 0.2) is 42.0 Å². The van der Waals surface area contributed by atoms with Gasteiger partial charge in [0.25, 0.3) is 0 Å². The molecule has 6 nitrogen and oxygen atoms in total. The Morgan fingerprint density at radius 1 is 1.23 bits per heavy atom. The predicted octanol–water partition coefficient (Wildman–Crippen LogP) is 3.12. The summed E-state index contributed by atoms with van der Waals surface area (Å²) in [6.45, 7) is 1.35. The largest absolute Gasteiger partial charge is 0.445 e. The summed E-state index contributed by atoms with van der Waals surface area (Å²) in [6.07, 6.45) is 4.18. The Hall–Kier alpha value is -1.89. The van der Waals surface area contributed by atoms with Gasteiger partial charge in [0.15, 0.2) is 6.29 Å². The number of methoxy groups -OCH3 is 2. The van der Waals surface area contributed by atoms with Crippen LogP contribution in [0.1, 0.15) is 24.8 Å². The third-order valence-electron chi connectivity index (χ3n) is 4.92. The number of nitrogens with zero attached hydrogens (tertiary/aromatic N) is 1. The van der Waals surface area contributed by atoms with Gasteiger partial charge in [0.1, 0.15) is 6.61 Å². The summed E-state index contributed by atoms with van der Waals surface area (Å²) in [5.41, 5.74) is 2.31. The van der Waals surface area contributed by atoms with E-state index in [0.29, 0.717) is 13.2 Å². The number of carbonyl (C=O) groups is 1. The molecule has 1 amide bonds. The summed E-state index contributed by atoms with van der Waals surface area (Å²) in [5.74, 6) is 0. The molecule has 1 aromatic rings. The zero-order chi connectivity index (χ0) is 18.4. The number of rotatable bonds is 7. The number of hydrogen-bond donors (Lipinski definition) is 0. The third-order valence-corrected chi connectivity index (χ3v) is 4.92. The third kappa shape index (κ3) is 4.63. The lowest BCUT2D eigenvalue weighted by atomic mass is 9.92. The van der Waals surface area contributed by atoms with Gasteiger partial charge in [0, 0.05) is 20.6 Å². The Bertz CT molecular complexity index is 614. The van der Waals surface area contributed by atoms with Gasteiger partial charge < -0.3 is 18.9 Å². The number of amides is 1. The molecule has 0 aromatic heterocycles. The molecule has 0 N–H and O–H groups in total. The highest BCUT2D eigenvalue weighted by Gasteiger charge is 2.38. The van der Waals surface area contributed by atoms with Crippen molar-refractivity contribution in [2.75, 3.05) is 27.4 Å². The van der Waals surface area contributed by atoms with Crippen molar-refractivity contribution in [2.45, 2.75) is 44.2 Å². The topological polar surface area (TPSA) is 57.2 Å². The number of ether oxygens (including phenoxy) is 4. The van der Waals surface area contributed by atoms with E-state index in [2.05, 4.69) is 6.08 Å². The summed E-state index contributed by atoms with van der Waals surface area (Å²) in [6, 6.07) is 9.69. The van der Waals surface area contributed by atoms with Crippen LogP contribution in [-0.4, -0.2) is 56.8 Å². The second-order valence-corrected chi connectivity index (χ2v) is 6.67. The van der Waals surface area contributed by atoms with Crippen molar-refractivity contribution in [1.29, 1.82) is 0 Å². The van der Waals surface area contributed by atoms with Crippen molar-refractivity contribution in [3.05, 3.63) is 47.5 Å². The molecular formula is C20H27NO5. The van der Waals surface area contributed by atoms with E-state index in [-0.39, 0.29) is 31.1 Å². The molecule has 2 heterocycles. The maximum Gasteiger partial charge on any atom is 0.411 e. The van der Waals surface area contributed by atoms with Crippen molar-refractivity contribution in [3.63, 3.8) is 0 Å². The molecule has 2 aliphatic heterocycles. The Morgan fingerprint density at radius 3 is 2.69 bits per heavy atom. The molecular weight excluding hydrogens is 334 g/mol. The number of morpholine rings is 1. The minimum Gasteiger partial charge on any atom is -0.445 e. The molecule has 1 saturated heterocycles. The van der Waals surface area contributed by atoms with Gasteiger partial charge >= 0.3 is 6.09 Å². The molecule has 3 rings (SSSR count). The van der Waals surface area contributed by atoms with Crippen LogP contribution in [0.2, 0.25) is 0 Å².